The van der Waals surface area contributed by atoms with Crippen molar-refractivity contribution in [3.8, 4) is 0 Å². The average Bonchev–Trinajstić information content (AvgIpc) is 2.23. The number of hydrogen-bond acceptors (Lipinski definition) is 3. The Labute approximate surface area is 103 Å². The van der Waals surface area contributed by atoms with Crippen molar-refractivity contribution in [2.75, 3.05) is 13.1 Å². The van der Waals surface area contributed by atoms with Crippen molar-refractivity contribution in [2.45, 2.75) is 39.2 Å². The van der Waals surface area contributed by atoms with Gasteiger partial charge in [-0.2, -0.15) is 0 Å². The molecule has 0 rings (SSSR count). The molecule has 4 N–H and O–H groups in total. The number of amides is 2. The molecule has 1 atom stereocenters. The summed E-state index contributed by atoms with van der Waals surface area (Å²) in [4.78, 5) is 22.4. The minimum Gasteiger partial charge on any atom is -0.355 e. The molecule has 0 aliphatic carbocycles. The molecule has 0 radical (unpaired) electrons. The Bertz CT molecular complexity index is 212. The van der Waals surface area contributed by atoms with E-state index in [0.717, 1.165) is 12.8 Å². The van der Waals surface area contributed by atoms with Gasteiger partial charge in [-0.15, -0.1) is 12.4 Å². The van der Waals surface area contributed by atoms with E-state index in [0.29, 0.717) is 13.0 Å². The topological polar surface area (TPSA) is 84.2 Å². The summed E-state index contributed by atoms with van der Waals surface area (Å²) in [6.45, 7) is 4.57. The monoisotopic (exact) mass is 251 g/mol. The van der Waals surface area contributed by atoms with Gasteiger partial charge in [0.2, 0.25) is 11.8 Å². The van der Waals surface area contributed by atoms with Gasteiger partial charge in [0.25, 0.3) is 0 Å². The molecule has 0 bridgehead atoms. The highest BCUT2D eigenvalue weighted by Crippen LogP contribution is 1.92. The molecule has 0 aromatic heterocycles. The predicted octanol–water partition coefficient (Wildman–Crippen LogP) is 0.178. The van der Waals surface area contributed by atoms with Gasteiger partial charge >= 0.3 is 0 Å². The molecule has 5 nitrogen and oxygen atoms in total. The van der Waals surface area contributed by atoms with Gasteiger partial charge in [0.05, 0.1) is 12.6 Å². The van der Waals surface area contributed by atoms with Crippen molar-refractivity contribution < 1.29 is 9.59 Å². The average molecular weight is 252 g/mol. The first-order valence-electron chi connectivity index (χ1n) is 5.41. The molecule has 1 unspecified atom stereocenters. The Hall–Kier alpha value is -0.810. The lowest BCUT2D eigenvalue weighted by Gasteiger charge is -2.10. The number of carbonyl (C=O) groups is 2. The molecule has 0 saturated carbocycles. The Morgan fingerprint density at radius 2 is 1.81 bits per heavy atom. The van der Waals surface area contributed by atoms with Gasteiger partial charge in [-0.1, -0.05) is 20.3 Å². The van der Waals surface area contributed by atoms with Crippen molar-refractivity contribution in [3.63, 3.8) is 0 Å². The smallest absolute Gasteiger partial charge is 0.239 e. The van der Waals surface area contributed by atoms with E-state index in [1.165, 1.54) is 0 Å². The van der Waals surface area contributed by atoms with Crippen molar-refractivity contribution in [1.82, 2.24) is 10.6 Å². The molecular weight excluding hydrogens is 230 g/mol. The molecule has 0 saturated heterocycles. The summed E-state index contributed by atoms with van der Waals surface area (Å²) in [7, 11) is 0. The second-order valence-corrected chi connectivity index (χ2v) is 3.46. The highest BCUT2D eigenvalue weighted by atomic mass is 35.5. The Kier molecular flexibility index (Phi) is 11.8. The van der Waals surface area contributed by atoms with E-state index < -0.39 is 6.04 Å². The van der Waals surface area contributed by atoms with Gasteiger partial charge in [-0.05, 0) is 12.8 Å². The maximum absolute atomic E-state index is 11.3. The molecule has 2 amide bonds. The molecule has 6 heteroatoms. The Balaban J connectivity index is 0. The molecule has 16 heavy (non-hydrogen) atoms. The van der Waals surface area contributed by atoms with E-state index in [9.17, 15) is 9.59 Å². The summed E-state index contributed by atoms with van der Waals surface area (Å²) in [6, 6.07) is -0.506. The van der Waals surface area contributed by atoms with Crippen LogP contribution >= 0.6 is 12.4 Å². The second kappa shape index (κ2) is 10.7. The quantitative estimate of drug-likeness (QED) is 0.604. The molecule has 0 aliphatic rings. The van der Waals surface area contributed by atoms with Crippen LogP contribution in [-0.2, 0) is 9.59 Å². The summed E-state index contributed by atoms with van der Waals surface area (Å²) < 4.78 is 0. The van der Waals surface area contributed by atoms with Gasteiger partial charge in [0.1, 0.15) is 0 Å². The third-order valence-corrected chi connectivity index (χ3v) is 1.93. The number of nitrogens with one attached hydrogen (secondary N) is 2. The second-order valence-electron chi connectivity index (χ2n) is 3.46. The Morgan fingerprint density at radius 1 is 1.19 bits per heavy atom. The van der Waals surface area contributed by atoms with Crippen LogP contribution in [0.4, 0.5) is 0 Å². The molecular formula is C10H22ClN3O2. The Morgan fingerprint density at radius 3 is 2.31 bits per heavy atom. The zero-order valence-electron chi connectivity index (χ0n) is 9.91. The SMILES string of the molecule is CCCNC(=O)CNC(=O)C(N)CCC.Cl. The van der Waals surface area contributed by atoms with Crippen molar-refractivity contribution >= 4 is 24.2 Å². The first-order chi connectivity index (χ1) is 7.11. The van der Waals surface area contributed by atoms with E-state index in [1.54, 1.807) is 0 Å². The van der Waals surface area contributed by atoms with Crippen LogP contribution in [0.15, 0.2) is 0 Å². The highest BCUT2D eigenvalue weighted by molar-refractivity contribution is 5.87. The number of rotatable bonds is 7. The standard InChI is InChI=1S/C10H21N3O2.ClH/c1-3-5-8(11)10(15)13-7-9(14)12-6-4-2;/h8H,3-7,11H2,1-2H3,(H,12,14)(H,13,15);1H. The maximum atomic E-state index is 11.3. The van der Waals surface area contributed by atoms with E-state index in [2.05, 4.69) is 10.6 Å². The first kappa shape index (κ1) is 17.6. The van der Waals surface area contributed by atoms with E-state index in [1.807, 2.05) is 13.8 Å². The predicted molar refractivity (Wildman–Crippen MR) is 66.4 cm³/mol. The zero-order valence-corrected chi connectivity index (χ0v) is 10.7. The van der Waals surface area contributed by atoms with Crippen molar-refractivity contribution in [3.05, 3.63) is 0 Å². The van der Waals surface area contributed by atoms with Crippen LogP contribution in [0.3, 0.4) is 0 Å². The fourth-order valence-corrected chi connectivity index (χ4v) is 1.07. The third-order valence-electron chi connectivity index (χ3n) is 1.93. The lowest BCUT2D eigenvalue weighted by molar-refractivity contribution is -0.126. The molecule has 0 aliphatic heterocycles. The maximum Gasteiger partial charge on any atom is 0.239 e. The minimum atomic E-state index is -0.506. The van der Waals surface area contributed by atoms with Gasteiger partial charge in [-0.3, -0.25) is 9.59 Å². The van der Waals surface area contributed by atoms with Crippen LogP contribution < -0.4 is 16.4 Å². The van der Waals surface area contributed by atoms with E-state index >= 15 is 0 Å². The van der Waals surface area contributed by atoms with E-state index in [4.69, 9.17) is 5.73 Å². The minimum absolute atomic E-state index is 0. The van der Waals surface area contributed by atoms with Gasteiger partial charge in [-0.25, -0.2) is 0 Å². The third kappa shape index (κ3) is 8.49. The number of hydrogen-bond donors (Lipinski definition) is 3. The largest absolute Gasteiger partial charge is 0.355 e. The summed E-state index contributed by atoms with van der Waals surface area (Å²) in [5, 5.41) is 5.16. The number of halogens is 1. The summed E-state index contributed by atoms with van der Waals surface area (Å²) in [6.07, 6.45) is 2.38. The molecule has 0 fully saturated rings. The van der Waals surface area contributed by atoms with Crippen LogP contribution in [-0.4, -0.2) is 30.9 Å². The molecule has 0 aromatic carbocycles. The summed E-state index contributed by atoms with van der Waals surface area (Å²) in [5.41, 5.74) is 5.57. The van der Waals surface area contributed by atoms with Gasteiger partial charge in [0.15, 0.2) is 0 Å². The van der Waals surface area contributed by atoms with Crippen LogP contribution in [0.25, 0.3) is 0 Å². The van der Waals surface area contributed by atoms with E-state index in [-0.39, 0.29) is 30.8 Å². The lowest BCUT2D eigenvalue weighted by Crippen LogP contribution is -2.44. The van der Waals surface area contributed by atoms with Crippen molar-refractivity contribution in [1.29, 1.82) is 0 Å². The highest BCUT2D eigenvalue weighted by Gasteiger charge is 2.12. The first-order valence-corrected chi connectivity index (χ1v) is 5.41. The van der Waals surface area contributed by atoms with Crippen LogP contribution in [0.5, 0.6) is 0 Å². The summed E-state index contributed by atoms with van der Waals surface area (Å²) >= 11 is 0. The lowest BCUT2D eigenvalue weighted by atomic mass is 10.2. The van der Waals surface area contributed by atoms with Crippen molar-refractivity contribution in [2.24, 2.45) is 5.73 Å². The van der Waals surface area contributed by atoms with Crippen LogP contribution in [0.2, 0.25) is 0 Å². The summed E-state index contributed by atoms with van der Waals surface area (Å²) in [5.74, 6) is -0.433. The number of nitrogens with two attached hydrogens (primary N) is 1. The fraction of sp³-hybridized carbons (Fsp3) is 0.800. The van der Waals surface area contributed by atoms with Gasteiger partial charge in [0, 0.05) is 6.54 Å². The van der Waals surface area contributed by atoms with Gasteiger partial charge < -0.3 is 16.4 Å². The molecule has 0 heterocycles. The zero-order chi connectivity index (χ0) is 11.7. The normalized spacial score (nSPS) is 11.2. The molecule has 0 aromatic rings. The van der Waals surface area contributed by atoms with Crippen LogP contribution in [0, 0.1) is 0 Å². The molecule has 96 valence electrons. The molecule has 0 spiro atoms. The number of carbonyl (C=O) groups excluding carboxylic acids is 2. The fourth-order valence-electron chi connectivity index (χ4n) is 1.07. The van der Waals surface area contributed by atoms with Crippen LogP contribution in [0.1, 0.15) is 33.1 Å².